The number of rotatable bonds is 8. The molecule has 0 radical (unpaired) electrons. The van der Waals surface area contributed by atoms with E-state index in [-0.39, 0.29) is 18.4 Å². The second kappa shape index (κ2) is 9.45. The quantitative estimate of drug-likeness (QED) is 0.467. The molecule has 0 aliphatic carbocycles. The summed E-state index contributed by atoms with van der Waals surface area (Å²) in [6, 6.07) is 16.9. The summed E-state index contributed by atoms with van der Waals surface area (Å²) in [5.41, 5.74) is 15.1. The van der Waals surface area contributed by atoms with Crippen molar-refractivity contribution in [1.29, 1.82) is 0 Å². The summed E-state index contributed by atoms with van der Waals surface area (Å²) in [4.78, 5) is 16.2. The lowest BCUT2D eigenvalue weighted by Crippen LogP contribution is -2.25. The molecular formula is C21H24N4O2S. The number of aliphatic hydroxyl groups is 1. The van der Waals surface area contributed by atoms with Gasteiger partial charge in [-0.1, -0.05) is 42.5 Å². The van der Waals surface area contributed by atoms with Crippen LogP contribution < -0.4 is 16.8 Å². The lowest BCUT2D eigenvalue weighted by molar-refractivity contribution is -0.115. The number of thiazole rings is 1. The van der Waals surface area contributed by atoms with Gasteiger partial charge in [-0.15, -0.1) is 11.3 Å². The van der Waals surface area contributed by atoms with Crippen LogP contribution in [0.25, 0.3) is 0 Å². The van der Waals surface area contributed by atoms with Crippen molar-refractivity contribution in [3.63, 3.8) is 0 Å². The van der Waals surface area contributed by atoms with E-state index in [0.717, 1.165) is 16.8 Å². The number of nitrogens with zero attached hydrogens (tertiary/aromatic N) is 1. The van der Waals surface area contributed by atoms with Crippen LogP contribution in [0.3, 0.4) is 0 Å². The molecule has 0 spiro atoms. The number of hydrogen-bond donors (Lipinski definition) is 4. The van der Waals surface area contributed by atoms with Gasteiger partial charge >= 0.3 is 0 Å². The summed E-state index contributed by atoms with van der Waals surface area (Å²) < 4.78 is 0. The predicted octanol–water partition coefficient (Wildman–Crippen LogP) is 2.90. The van der Waals surface area contributed by atoms with Gasteiger partial charge < -0.3 is 21.9 Å². The molecule has 6 nitrogen and oxygen atoms in total. The molecule has 2 aromatic carbocycles. The van der Waals surface area contributed by atoms with Crippen molar-refractivity contribution in [1.82, 2.24) is 4.98 Å². The van der Waals surface area contributed by atoms with Crippen molar-refractivity contribution in [3.8, 4) is 0 Å². The third kappa shape index (κ3) is 5.88. The number of nitrogens with two attached hydrogens (primary N) is 2. The van der Waals surface area contributed by atoms with Crippen molar-refractivity contribution in [2.45, 2.75) is 31.4 Å². The minimum absolute atomic E-state index is 0.138. The van der Waals surface area contributed by atoms with Gasteiger partial charge in [0.25, 0.3) is 0 Å². The van der Waals surface area contributed by atoms with Crippen molar-refractivity contribution < 1.29 is 9.90 Å². The van der Waals surface area contributed by atoms with Gasteiger partial charge in [0.05, 0.1) is 18.2 Å². The van der Waals surface area contributed by atoms with Crippen LogP contribution in [0, 0.1) is 0 Å². The fourth-order valence-corrected chi connectivity index (χ4v) is 3.54. The number of aromatic nitrogens is 1. The van der Waals surface area contributed by atoms with Gasteiger partial charge in [-0.05, 0) is 36.1 Å². The Morgan fingerprint density at radius 3 is 2.50 bits per heavy atom. The number of nitrogens with one attached hydrogen (secondary N) is 1. The monoisotopic (exact) mass is 396 g/mol. The molecule has 3 aromatic rings. The summed E-state index contributed by atoms with van der Waals surface area (Å²) in [6.45, 7) is 0. The van der Waals surface area contributed by atoms with Gasteiger partial charge in [-0.25, -0.2) is 4.98 Å². The standard InChI is InChI=1S/C21H24N4O2S/c22-16(11-19(26)15-4-2-1-3-5-15)10-14-6-8-17(9-7-14)24-20(27)12-18-13-28-21(23)25-18/h1-9,13,16,19,26H,10-12,22H2,(H2,23,25)(H,24,27). The zero-order valence-electron chi connectivity index (χ0n) is 15.4. The Morgan fingerprint density at radius 2 is 1.86 bits per heavy atom. The fourth-order valence-electron chi connectivity index (χ4n) is 2.98. The van der Waals surface area contributed by atoms with E-state index in [9.17, 15) is 9.90 Å². The number of hydrogen-bond acceptors (Lipinski definition) is 6. The normalized spacial score (nSPS) is 13.1. The van der Waals surface area contributed by atoms with Crippen molar-refractivity contribution in [2.24, 2.45) is 5.73 Å². The highest BCUT2D eigenvalue weighted by atomic mass is 32.1. The number of anilines is 2. The molecule has 7 heteroatoms. The first-order valence-electron chi connectivity index (χ1n) is 9.07. The smallest absolute Gasteiger partial charge is 0.230 e. The first-order chi connectivity index (χ1) is 13.5. The molecule has 0 bridgehead atoms. The highest BCUT2D eigenvalue weighted by Gasteiger charge is 2.13. The zero-order valence-corrected chi connectivity index (χ0v) is 16.2. The molecule has 28 heavy (non-hydrogen) atoms. The van der Waals surface area contributed by atoms with Crippen molar-refractivity contribution in [3.05, 3.63) is 76.8 Å². The second-order valence-electron chi connectivity index (χ2n) is 6.73. The van der Waals surface area contributed by atoms with E-state index in [4.69, 9.17) is 11.5 Å². The lowest BCUT2D eigenvalue weighted by atomic mass is 9.97. The molecule has 0 saturated carbocycles. The molecule has 0 aliphatic rings. The van der Waals surface area contributed by atoms with Crippen LogP contribution in [0.15, 0.2) is 60.0 Å². The molecule has 6 N–H and O–H groups in total. The molecule has 1 amide bonds. The average Bonchev–Trinajstić information content (AvgIpc) is 3.08. The molecule has 2 unspecified atom stereocenters. The van der Waals surface area contributed by atoms with E-state index in [1.54, 1.807) is 5.38 Å². The van der Waals surface area contributed by atoms with Gasteiger partial charge in [0.1, 0.15) is 0 Å². The minimum Gasteiger partial charge on any atom is -0.388 e. The number of aliphatic hydroxyl groups excluding tert-OH is 1. The highest BCUT2D eigenvalue weighted by molar-refractivity contribution is 7.13. The van der Waals surface area contributed by atoms with Crippen molar-refractivity contribution >= 4 is 28.1 Å². The molecule has 0 saturated heterocycles. The lowest BCUT2D eigenvalue weighted by Gasteiger charge is -2.17. The molecule has 2 atom stereocenters. The van der Waals surface area contributed by atoms with Gasteiger partial charge in [0.2, 0.25) is 5.91 Å². The molecular weight excluding hydrogens is 372 g/mol. The van der Waals surface area contributed by atoms with Crippen LogP contribution in [0.5, 0.6) is 0 Å². The van der Waals surface area contributed by atoms with Crippen LogP contribution in [-0.4, -0.2) is 22.0 Å². The number of carbonyl (C=O) groups is 1. The van der Waals surface area contributed by atoms with Gasteiger partial charge in [0.15, 0.2) is 5.13 Å². The summed E-state index contributed by atoms with van der Waals surface area (Å²) in [5.74, 6) is -0.138. The van der Waals surface area contributed by atoms with Gasteiger partial charge in [0, 0.05) is 17.1 Å². The van der Waals surface area contributed by atoms with Gasteiger partial charge in [-0.3, -0.25) is 4.79 Å². The van der Waals surface area contributed by atoms with Crippen LogP contribution in [0.2, 0.25) is 0 Å². The highest BCUT2D eigenvalue weighted by Crippen LogP contribution is 2.20. The van der Waals surface area contributed by atoms with Crippen LogP contribution >= 0.6 is 11.3 Å². The SMILES string of the molecule is Nc1nc(CC(=O)Nc2ccc(CC(N)CC(O)c3ccccc3)cc2)cs1. The van der Waals surface area contributed by atoms with E-state index in [0.29, 0.717) is 23.7 Å². The van der Waals surface area contributed by atoms with Crippen LogP contribution in [0.1, 0.15) is 29.3 Å². The largest absolute Gasteiger partial charge is 0.388 e. The summed E-state index contributed by atoms with van der Waals surface area (Å²) >= 11 is 1.32. The minimum atomic E-state index is -0.575. The predicted molar refractivity (Wildman–Crippen MR) is 113 cm³/mol. The average molecular weight is 397 g/mol. The Kier molecular flexibility index (Phi) is 6.76. The zero-order chi connectivity index (χ0) is 19.9. The third-order valence-corrected chi connectivity index (χ3v) is 5.08. The Morgan fingerprint density at radius 1 is 1.14 bits per heavy atom. The Labute approximate surface area is 168 Å². The second-order valence-corrected chi connectivity index (χ2v) is 7.62. The van der Waals surface area contributed by atoms with Crippen molar-refractivity contribution in [2.75, 3.05) is 11.1 Å². The Balaban J connectivity index is 1.49. The first-order valence-corrected chi connectivity index (χ1v) is 9.95. The first kappa shape index (κ1) is 20.0. The van der Waals surface area contributed by atoms with E-state index < -0.39 is 6.10 Å². The maximum Gasteiger partial charge on any atom is 0.230 e. The van der Waals surface area contributed by atoms with Crippen LogP contribution in [-0.2, 0) is 17.6 Å². The van der Waals surface area contributed by atoms with Crippen LogP contribution in [0.4, 0.5) is 10.8 Å². The fraction of sp³-hybridized carbons (Fsp3) is 0.238. The molecule has 1 aromatic heterocycles. The summed E-state index contributed by atoms with van der Waals surface area (Å²) in [6.07, 6.45) is 0.752. The number of nitrogen functional groups attached to an aromatic ring is 1. The van der Waals surface area contributed by atoms with E-state index in [1.807, 2.05) is 54.6 Å². The Bertz CT molecular complexity index is 896. The molecule has 1 heterocycles. The van der Waals surface area contributed by atoms with E-state index in [2.05, 4.69) is 10.3 Å². The number of benzene rings is 2. The summed E-state index contributed by atoms with van der Waals surface area (Å²) in [5, 5.41) is 15.4. The molecule has 0 fully saturated rings. The van der Waals surface area contributed by atoms with E-state index >= 15 is 0 Å². The molecule has 146 valence electrons. The third-order valence-electron chi connectivity index (χ3n) is 4.36. The Hall–Kier alpha value is -2.74. The molecule has 0 aliphatic heterocycles. The summed E-state index contributed by atoms with van der Waals surface area (Å²) in [7, 11) is 0. The number of amides is 1. The van der Waals surface area contributed by atoms with E-state index in [1.165, 1.54) is 11.3 Å². The maximum absolute atomic E-state index is 12.1. The number of carbonyl (C=O) groups excluding carboxylic acids is 1. The topological polar surface area (TPSA) is 114 Å². The molecule has 3 rings (SSSR count). The van der Waals surface area contributed by atoms with Gasteiger partial charge in [-0.2, -0.15) is 0 Å². The maximum atomic E-state index is 12.1.